The molecule has 0 bridgehead atoms. The van der Waals surface area contributed by atoms with Crippen LogP contribution in [0.1, 0.15) is 38.1 Å². The number of nitrogens with zero attached hydrogens (tertiary/aromatic N) is 2. The van der Waals surface area contributed by atoms with Gasteiger partial charge in [0.1, 0.15) is 11.9 Å². The van der Waals surface area contributed by atoms with Crippen molar-refractivity contribution in [1.82, 2.24) is 14.9 Å². The van der Waals surface area contributed by atoms with E-state index in [1.165, 1.54) is 12.8 Å². The van der Waals surface area contributed by atoms with Crippen LogP contribution in [-0.2, 0) is 6.54 Å². The van der Waals surface area contributed by atoms with E-state index in [2.05, 4.69) is 17.2 Å². The predicted molar refractivity (Wildman–Crippen MR) is 58.5 cm³/mol. The van der Waals surface area contributed by atoms with Crippen LogP contribution in [0, 0.1) is 0 Å². The van der Waals surface area contributed by atoms with Crippen molar-refractivity contribution in [3.8, 4) is 0 Å². The van der Waals surface area contributed by atoms with Crippen molar-refractivity contribution >= 4 is 0 Å². The lowest BCUT2D eigenvalue weighted by Gasteiger charge is -2.13. The Balaban J connectivity index is 1.90. The molecule has 4 heteroatoms. The predicted octanol–water partition coefficient (Wildman–Crippen LogP) is 1.08. The smallest absolute Gasteiger partial charge is 0.138 e. The van der Waals surface area contributed by atoms with Gasteiger partial charge in [0, 0.05) is 31.5 Å². The fourth-order valence-corrected chi connectivity index (χ4v) is 1.71. The third-order valence-corrected chi connectivity index (χ3v) is 2.69. The summed E-state index contributed by atoms with van der Waals surface area (Å²) in [5.74, 6) is 0.782. The molecular weight excluding hydrogens is 190 g/mol. The number of aryl methyl sites for hydroxylation is 1. The molecule has 1 heterocycles. The Morgan fingerprint density at radius 3 is 3.13 bits per heavy atom. The van der Waals surface area contributed by atoms with Gasteiger partial charge in [0.25, 0.3) is 0 Å². The van der Waals surface area contributed by atoms with Gasteiger partial charge in [-0.3, -0.25) is 0 Å². The van der Waals surface area contributed by atoms with Crippen molar-refractivity contribution in [1.29, 1.82) is 0 Å². The lowest BCUT2D eigenvalue weighted by molar-refractivity contribution is 0.159. The van der Waals surface area contributed by atoms with Crippen molar-refractivity contribution in [3.63, 3.8) is 0 Å². The van der Waals surface area contributed by atoms with Gasteiger partial charge in [-0.05, 0) is 19.3 Å². The molecule has 0 aliphatic heterocycles. The topological polar surface area (TPSA) is 50.1 Å². The minimum Gasteiger partial charge on any atom is -0.384 e. The minimum atomic E-state index is -0.479. The molecule has 1 aliphatic carbocycles. The molecule has 0 spiro atoms. The summed E-state index contributed by atoms with van der Waals surface area (Å²) in [5.41, 5.74) is 0. The first-order valence-electron chi connectivity index (χ1n) is 5.73. The zero-order chi connectivity index (χ0) is 10.7. The van der Waals surface area contributed by atoms with Crippen molar-refractivity contribution < 1.29 is 5.11 Å². The zero-order valence-corrected chi connectivity index (χ0v) is 9.19. The normalized spacial score (nSPS) is 18.0. The molecule has 1 aromatic heterocycles. The Labute approximate surface area is 90.3 Å². The summed E-state index contributed by atoms with van der Waals surface area (Å²) in [5, 5.41) is 13.3. The SMILES string of the molecule is CCCn1ccnc1C(O)CNC1CC1. The Bertz CT molecular complexity index is 307. The maximum atomic E-state index is 9.95. The van der Waals surface area contributed by atoms with E-state index in [4.69, 9.17) is 0 Å². The summed E-state index contributed by atoms with van der Waals surface area (Å²) in [6.07, 6.45) is 6.76. The molecule has 1 aliphatic rings. The Morgan fingerprint density at radius 2 is 2.47 bits per heavy atom. The fraction of sp³-hybridized carbons (Fsp3) is 0.727. The van der Waals surface area contributed by atoms with Crippen LogP contribution in [-0.4, -0.2) is 27.2 Å². The lowest BCUT2D eigenvalue weighted by Crippen LogP contribution is -2.25. The molecule has 15 heavy (non-hydrogen) atoms. The quantitative estimate of drug-likeness (QED) is 0.737. The number of aliphatic hydroxyl groups excluding tert-OH is 1. The number of aliphatic hydroxyl groups is 1. The third kappa shape index (κ3) is 2.79. The monoisotopic (exact) mass is 209 g/mol. The van der Waals surface area contributed by atoms with Crippen LogP contribution in [0.5, 0.6) is 0 Å². The highest BCUT2D eigenvalue weighted by Crippen LogP contribution is 2.20. The Morgan fingerprint density at radius 1 is 1.67 bits per heavy atom. The van der Waals surface area contributed by atoms with Crippen molar-refractivity contribution in [2.24, 2.45) is 0 Å². The lowest BCUT2D eigenvalue weighted by atomic mass is 10.3. The molecule has 0 aromatic carbocycles. The first-order chi connectivity index (χ1) is 7.31. The zero-order valence-electron chi connectivity index (χ0n) is 9.19. The number of aromatic nitrogens is 2. The molecule has 1 saturated carbocycles. The summed E-state index contributed by atoms with van der Waals surface area (Å²) in [4.78, 5) is 4.21. The number of rotatable bonds is 6. The molecule has 2 N–H and O–H groups in total. The highest BCUT2D eigenvalue weighted by molar-refractivity contribution is 4.98. The van der Waals surface area contributed by atoms with E-state index < -0.39 is 6.10 Å². The van der Waals surface area contributed by atoms with Gasteiger partial charge in [-0.2, -0.15) is 0 Å². The minimum absolute atomic E-state index is 0.479. The van der Waals surface area contributed by atoms with E-state index in [1.54, 1.807) is 6.20 Å². The van der Waals surface area contributed by atoms with Crippen LogP contribution in [0.15, 0.2) is 12.4 Å². The van der Waals surface area contributed by atoms with Gasteiger partial charge in [0.15, 0.2) is 0 Å². The second-order valence-electron chi connectivity index (χ2n) is 4.18. The third-order valence-electron chi connectivity index (χ3n) is 2.69. The van der Waals surface area contributed by atoms with Crippen molar-refractivity contribution in [2.45, 2.75) is 44.9 Å². The molecule has 0 radical (unpaired) electrons. The van der Waals surface area contributed by atoms with Gasteiger partial charge in [0.05, 0.1) is 0 Å². The van der Waals surface area contributed by atoms with Gasteiger partial charge in [-0.15, -0.1) is 0 Å². The second-order valence-corrected chi connectivity index (χ2v) is 4.18. The van der Waals surface area contributed by atoms with Gasteiger partial charge in [-0.1, -0.05) is 6.92 Å². The number of nitrogens with one attached hydrogen (secondary N) is 1. The van der Waals surface area contributed by atoms with Gasteiger partial charge >= 0.3 is 0 Å². The van der Waals surface area contributed by atoms with Crippen LogP contribution in [0.4, 0.5) is 0 Å². The molecule has 84 valence electrons. The van der Waals surface area contributed by atoms with Crippen LogP contribution in [0.2, 0.25) is 0 Å². The van der Waals surface area contributed by atoms with E-state index in [0.717, 1.165) is 18.8 Å². The van der Waals surface area contributed by atoms with Gasteiger partial charge in [-0.25, -0.2) is 4.98 Å². The van der Waals surface area contributed by atoms with E-state index in [9.17, 15) is 5.11 Å². The van der Waals surface area contributed by atoms with Crippen LogP contribution in [0.3, 0.4) is 0 Å². The second kappa shape index (κ2) is 4.77. The molecule has 2 rings (SSSR count). The summed E-state index contributed by atoms with van der Waals surface area (Å²) in [6.45, 7) is 3.67. The molecule has 1 fully saturated rings. The summed E-state index contributed by atoms with van der Waals surface area (Å²) < 4.78 is 2.03. The van der Waals surface area contributed by atoms with E-state index >= 15 is 0 Å². The van der Waals surface area contributed by atoms with Gasteiger partial charge in [0.2, 0.25) is 0 Å². The van der Waals surface area contributed by atoms with Crippen molar-refractivity contribution in [3.05, 3.63) is 18.2 Å². The first kappa shape index (κ1) is 10.6. The molecular formula is C11H19N3O. The van der Waals surface area contributed by atoms with Crippen LogP contribution in [0.25, 0.3) is 0 Å². The molecule has 0 amide bonds. The first-order valence-corrected chi connectivity index (χ1v) is 5.73. The van der Waals surface area contributed by atoms with Crippen LogP contribution < -0.4 is 5.32 Å². The molecule has 0 saturated heterocycles. The number of hydrogen-bond acceptors (Lipinski definition) is 3. The summed E-state index contributed by atoms with van der Waals surface area (Å²) in [6, 6.07) is 0.634. The average molecular weight is 209 g/mol. The van der Waals surface area contributed by atoms with Crippen molar-refractivity contribution in [2.75, 3.05) is 6.54 Å². The maximum absolute atomic E-state index is 9.95. The number of imidazole rings is 1. The fourth-order valence-electron chi connectivity index (χ4n) is 1.71. The van der Waals surface area contributed by atoms with E-state index in [1.807, 2.05) is 10.8 Å². The van der Waals surface area contributed by atoms with Gasteiger partial charge < -0.3 is 15.0 Å². The molecule has 1 unspecified atom stereocenters. The molecule has 4 nitrogen and oxygen atoms in total. The summed E-state index contributed by atoms with van der Waals surface area (Å²) in [7, 11) is 0. The van der Waals surface area contributed by atoms with E-state index in [-0.39, 0.29) is 0 Å². The maximum Gasteiger partial charge on any atom is 0.138 e. The Hall–Kier alpha value is -0.870. The highest BCUT2D eigenvalue weighted by Gasteiger charge is 2.22. The molecule has 1 atom stereocenters. The van der Waals surface area contributed by atoms with E-state index in [0.29, 0.717) is 12.6 Å². The largest absolute Gasteiger partial charge is 0.384 e. The summed E-state index contributed by atoms with van der Waals surface area (Å²) >= 11 is 0. The standard InChI is InChI=1S/C11H19N3O/c1-2-6-14-7-5-12-11(14)10(15)8-13-9-3-4-9/h5,7,9-10,13,15H,2-4,6,8H2,1H3. The Kier molecular flexibility index (Phi) is 3.38. The number of hydrogen-bond donors (Lipinski definition) is 2. The average Bonchev–Trinajstić information content (AvgIpc) is 2.95. The highest BCUT2D eigenvalue weighted by atomic mass is 16.3. The van der Waals surface area contributed by atoms with Crippen LogP contribution >= 0.6 is 0 Å². The molecule has 1 aromatic rings.